The Labute approximate surface area is 228 Å². The van der Waals surface area contributed by atoms with Gasteiger partial charge in [-0.1, -0.05) is 54.6 Å². The molecule has 3 aromatic rings. The Kier molecular flexibility index (Phi) is 7.07. The molecule has 1 aromatic heterocycles. The molecule has 2 aliphatic rings. The number of hydrogen-bond acceptors (Lipinski definition) is 6. The molecule has 2 aromatic carbocycles. The predicted molar refractivity (Wildman–Crippen MR) is 151 cm³/mol. The number of amides is 1. The lowest BCUT2D eigenvalue weighted by molar-refractivity contribution is 0.00578. The van der Waals surface area contributed by atoms with E-state index in [1.807, 2.05) is 69.5 Å². The Hall–Kier alpha value is -3.20. The molecule has 0 atom stereocenters. The van der Waals surface area contributed by atoms with Crippen molar-refractivity contribution in [3.05, 3.63) is 87.0 Å². The number of benzene rings is 2. The largest absolute Gasteiger partial charge is 0.492 e. The highest BCUT2D eigenvalue weighted by Gasteiger charge is 2.52. The van der Waals surface area contributed by atoms with E-state index in [-0.39, 0.29) is 24.9 Å². The highest BCUT2D eigenvalue weighted by atomic mass is 32.1. The molecule has 0 spiro atoms. The first kappa shape index (κ1) is 26.4. The van der Waals surface area contributed by atoms with E-state index in [0.717, 1.165) is 22.2 Å². The van der Waals surface area contributed by atoms with Crippen LogP contribution in [0.4, 0.5) is 4.79 Å². The Morgan fingerprint density at radius 3 is 2.13 bits per heavy atom. The molecule has 1 N–H and O–H groups in total. The Balaban J connectivity index is 1.29. The van der Waals surface area contributed by atoms with Gasteiger partial charge in [-0.2, -0.15) is 0 Å². The number of fused-ring (bicyclic) bond motifs is 3. The molecule has 2 heterocycles. The second kappa shape index (κ2) is 10.2. The smallest absolute Gasteiger partial charge is 0.449 e. The van der Waals surface area contributed by atoms with Crippen LogP contribution in [0.15, 0.2) is 65.4 Å². The summed E-state index contributed by atoms with van der Waals surface area (Å²) in [5.41, 5.74) is 5.24. The van der Waals surface area contributed by atoms with E-state index in [2.05, 4.69) is 29.6 Å². The summed E-state index contributed by atoms with van der Waals surface area (Å²) in [6.07, 6.45) is 1.40. The number of nitrogens with one attached hydrogen (secondary N) is 1. The van der Waals surface area contributed by atoms with E-state index in [4.69, 9.17) is 14.0 Å². The van der Waals surface area contributed by atoms with Crippen LogP contribution in [-0.4, -0.2) is 43.3 Å². The minimum Gasteiger partial charge on any atom is -0.449 e. The van der Waals surface area contributed by atoms with Crippen LogP contribution in [0.5, 0.6) is 0 Å². The predicted octanol–water partition coefficient (Wildman–Crippen LogP) is 6.50. The van der Waals surface area contributed by atoms with Crippen molar-refractivity contribution < 1.29 is 23.6 Å². The molecule has 1 saturated heterocycles. The zero-order valence-corrected chi connectivity index (χ0v) is 23.2. The van der Waals surface area contributed by atoms with Crippen molar-refractivity contribution in [2.24, 2.45) is 0 Å². The normalized spacial score (nSPS) is 17.7. The minimum atomic E-state index is -0.644. The van der Waals surface area contributed by atoms with E-state index in [1.165, 1.54) is 22.5 Å². The van der Waals surface area contributed by atoms with Gasteiger partial charge in [-0.3, -0.25) is 4.79 Å². The standard InChI is InChI=1S/C30H32BNO5S/c1-19(33)27-15-20(18-38-27)14-21(31-36-29(2,3)30(4,5)37-31)16-32-28(34)35-17-26-24-12-8-6-10-22(24)23-11-7-9-13-25(23)26/h6-15,18,26H,16-17H2,1-5H3,(H,32,34). The molecule has 0 saturated carbocycles. The van der Waals surface area contributed by atoms with Gasteiger partial charge in [0.1, 0.15) is 6.61 Å². The highest BCUT2D eigenvalue weighted by Crippen LogP contribution is 2.44. The average molecular weight is 529 g/mol. The van der Waals surface area contributed by atoms with Crippen molar-refractivity contribution in [2.75, 3.05) is 13.2 Å². The lowest BCUT2D eigenvalue weighted by atomic mass is 9.77. The number of thiophene rings is 1. The summed E-state index contributed by atoms with van der Waals surface area (Å²) in [5, 5.41) is 4.80. The first-order valence-corrected chi connectivity index (χ1v) is 13.7. The number of carbonyl (C=O) groups is 2. The fourth-order valence-corrected chi connectivity index (χ4v) is 5.62. The maximum atomic E-state index is 12.9. The van der Waals surface area contributed by atoms with Crippen LogP contribution in [-0.2, 0) is 14.0 Å². The number of rotatable bonds is 7. The van der Waals surface area contributed by atoms with Crippen LogP contribution in [0.25, 0.3) is 17.2 Å². The number of alkyl carbamates (subject to hydrolysis) is 1. The van der Waals surface area contributed by atoms with Crippen molar-refractivity contribution in [3.63, 3.8) is 0 Å². The summed E-state index contributed by atoms with van der Waals surface area (Å²) in [6, 6.07) is 18.3. The maximum absolute atomic E-state index is 12.9. The van der Waals surface area contributed by atoms with E-state index < -0.39 is 24.4 Å². The second-order valence-corrected chi connectivity index (χ2v) is 11.7. The molecule has 0 unspecified atom stereocenters. The fourth-order valence-electron chi connectivity index (χ4n) is 4.85. The zero-order valence-electron chi connectivity index (χ0n) is 22.4. The summed E-state index contributed by atoms with van der Waals surface area (Å²) in [7, 11) is -0.644. The molecule has 1 fully saturated rings. The summed E-state index contributed by atoms with van der Waals surface area (Å²) in [6.45, 7) is 9.92. The van der Waals surface area contributed by atoms with Crippen molar-refractivity contribution in [3.8, 4) is 11.1 Å². The molecular formula is C30H32BNO5S. The number of Topliss-reactive ketones (excluding diaryl/α,β-unsaturated/α-hetero) is 1. The average Bonchev–Trinajstić information content (AvgIpc) is 3.53. The topological polar surface area (TPSA) is 73.9 Å². The molecule has 1 amide bonds. The van der Waals surface area contributed by atoms with Crippen LogP contribution in [0.1, 0.15) is 66.9 Å². The monoisotopic (exact) mass is 529 g/mol. The lowest BCUT2D eigenvalue weighted by Gasteiger charge is -2.32. The summed E-state index contributed by atoms with van der Waals surface area (Å²) in [4.78, 5) is 25.3. The van der Waals surface area contributed by atoms with Crippen LogP contribution in [0.3, 0.4) is 0 Å². The molecule has 196 valence electrons. The molecule has 1 aliphatic carbocycles. The molecule has 8 heteroatoms. The lowest BCUT2D eigenvalue weighted by Crippen LogP contribution is -2.41. The van der Waals surface area contributed by atoms with Gasteiger partial charge in [0.25, 0.3) is 0 Å². The molecule has 5 rings (SSSR count). The number of ketones is 1. The zero-order chi connectivity index (χ0) is 27.1. The third-order valence-corrected chi connectivity index (χ3v) is 8.70. The SMILES string of the molecule is CC(=O)c1cc(C=C(CNC(=O)OCC2c3ccccc3-c3ccccc32)B2OC(C)(C)C(C)(C)O2)cs1. The maximum Gasteiger partial charge on any atom is 0.492 e. The molecule has 6 nitrogen and oxygen atoms in total. The number of hydrogen-bond donors (Lipinski definition) is 1. The third kappa shape index (κ3) is 5.08. The third-order valence-electron chi connectivity index (χ3n) is 7.66. The van der Waals surface area contributed by atoms with Crippen LogP contribution >= 0.6 is 11.3 Å². The molecule has 0 bridgehead atoms. The molecule has 38 heavy (non-hydrogen) atoms. The first-order chi connectivity index (χ1) is 18.1. The molecule has 1 aliphatic heterocycles. The van der Waals surface area contributed by atoms with Gasteiger partial charge in [0, 0.05) is 12.5 Å². The van der Waals surface area contributed by atoms with Gasteiger partial charge < -0.3 is 19.4 Å². The highest BCUT2D eigenvalue weighted by molar-refractivity contribution is 7.12. The van der Waals surface area contributed by atoms with Crippen molar-refractivity contribution in [1.82, 2.24) is 5.32 Å². The van der Waals surface area contributed by atoms with E-state index >= 15 is 0 Å². The van der Waals surface area contributed by atoms with Gasteiger partial charge >= 0.3 is 13.2 Å². The van der Waals surface area contributed by atoms with E-state index in [9.17, 15) is 9.59 Å². The van der Waals surface area contributed by atoms with Crippen molar-refractivity contribution in [1.29, 1.82) is 0 Å². The second-order valence-electron chi connectivity index (χ2n) is 10.8. The molecular weight excluding hydrogens is 497 g/mol. The van der Waals surface area contributed by atoms with Crippen LogP contribution in [0.2, 0.25) is 0 Å². The van der Waals surface area contributed by atoms with Gasteiger partial charge in [0.15, 0.2) is 5.78 Å². The van der Waals surface area contributed by atoms with Crippen molar-refractivity contribution in [2.45, 2.75) is 51.7 Å². The van der Waals surface area contributed by atoms with Gasteiger partial charge in [-0.05, 0) is 79.4 Å². The van der Waals surface area contributed by atoms with Gasteiger partial charge in [-0.25, -0.2) is 4.79 Å². The molecule has 0 radical (unpaired) electrons. The summed E-state index contributed by atoms with van der Waals surface area (Å²) < 4.78 is 18.2. The fraction of sp³-hybridized carbons (Fsp3) is 0.333. The Morgan fingerprint density at radius 2 is 1.58 bits per heavy atom. The number of ether oxygens (including phenoxy) is 1. The van der Waals surface area contributed by atoms with Gasteiger partial charge in [0.2, 0.25) is 0 Å². The summed E-state index contributed by atoms with van der Waals surface area (Å²) >= 11 is 1.39. The minimum absolute atomic E-state index is 0.0120. The van der Waals surface area contributed by atoms with Crippen LogP contribution < -0.4 is 5.32 Å². The first-order valence-electron chi connectivity index (χ1n) is 12.8. The van der Waals surface area contributed by atoms with E-state index in [0.29, 0.717) is 4.88 Å². The van der Waals surface area contributed by atoms with Gasteiger partial charge in [-0.15, -0.1) is 11.3 Å². The van der Waals surface area contributed by atoms with Crippen LogP contribution in [0, 0.1) is 0 Å². The summed E-state index contributed by atoms with van der Waals surface area (Å²) in [5.74, 6) is 0.00524. The Morgan fingerprint density at radius 1 is 1.00 bits per heavy atom. The number of carbonyl (C=O) groups excluding carboxylic acids is 2. The quantitative estimate of drug-likeness (QED) is 0.279. The van der Waals surface area contributed by atoms with E-state index in [1.54, 1.807) is 6.92 Å². The van der Waals surface area contributed by atoms with Gasteiger partial charge in [0.05, 0.1) is 16.1 Å². The Bertz CT molecular complexity index is 1350. The van der Waals surface area contributed by atoms with Crippen molar-refractivity contribution >= 4 is 36.4 Å².